The first-order chi connectivity index (χ1) is 13.6. The molecule has 2 rings (SSSR count). The number of carbonyl (C=O) groups is 2. The minimum atomic E-state index is -0.333. The zero-order valence-electron chi connectivity index (χ0n) is 18.2. The lowest BCUT2D eigenvalue weighted by atomic mass is 9.87. The van der Waals surface area contributed by atoms with Crippen molar-refractivity contribution in [1.82, 2.24) is 26.6 Å². The molecule has 29 heavy (non-hydrogen) atoms. The van der Waals surface area contributed by atoms with Gasteiger partial charge in [0, 0.05) is 25.2 Å². The maximum Gasteiger partial charge on any atom is 0.321 e. The number of nitrogens with one attached hydrogen (secondary N) is 6. The summed E-state index contributed by atoms with van der Waals surface area (Å²) < 4.78 is 0. The van der Waals surface area contributed by atoms with Gasteiger partial charge in [-0.15, -0.1) is 0 Å². The van der Waals surface area contributed by atoms with E-state index in [4.69, 9.17) is 0 Å². The molecule has 3 atom stereocenters. The van der Waals surface area contributed by atoms with Gasteiger partial charge in [0.1, 0.15) is 6.29 Å². The highest BCUT2D eigenvalue weighted by molar-refractivity contribution is 5.89. The van der Waals surface area contributed by atoms with Crippen molar-refractivity contribution in [2.75, 3.05) is 18.4 Å². The maximum absolute atomic E-state index is 12.4. The Bertz CT molecular complexity index is 671. The van der Waals surface area contributed by atoms with Crippen molar-refractivity contribution in [3.63, 3.8) is 0 Å². The quantitative estimate of drug-likeness (QED) is 0.389. The van der Waals surface area contributed by atoms with E-state index in [1.54, 1.807) is 0 Å². The van der Waals surface area contributed by atoms with Crippen LogP contribution in [-0.2, 0) is 10.2 Å². The molecule has 1 aromatic carbocycles. The summed E-state index contributed by atoms with van der Waals surface area (Å²) in [6.45, 7) is 11.5. The lowest BCUT2D eigenvalue weighted by Crippen LogP contribution is -2.67. The van der Waals surface area contributed by atoms with Crippen LogP contribution in [0.25, 0.3) is 0 Å². The highest BCUT2D eigenvalue weighted by atomic mass is 16.2. The molecule has 0 spiro atoms. The van der Waals surface area contributed by atoms with E-state index in [1.807, 2.05) is 24.3 Å². The maximum atomic E-state index is 12.4. The minimum Gasteiger partial charge on any atom is -0.356 e. The summed E-state index contributed by atoms with van der Waals surface area (Å²) in [5.41, 5.74) is 2.06. The number of benzene rings is 1. The number of urea groups is 1. The second kappa shape index (κ2) is 10.6. The Morgan fingerprint density at radius 2 is 1.79 bits per heavy atom. The molecule has 0 bridgehead atoms. The number of anilines is 1. The van der Waals surface area contributed by atoms with Gasteiger partial charge < -0.3 is 21.3 Å². The highest BCUT2D eigenvalue weighted by Gasteiger charge is 2.25. The average Bonchev–Trinajstić information content (AvgIpc) is 2.60. The number of carbonyl (C=O) groups excluding carboxylic acids is 2. The first-order valence-corrected chi connectivity index (χ1v) is 10.3. The number of amides is 3. The fraction of sp³-hybridized carbons (Fsp3) is 0.619. The van der Waals surface area contributed by atoms with Gasteiger partial charge in [0.25, 0.3) is 0 Å². The average molecular weight is 405 g/mol. The zero-order chi connectivity index (χ0) is 21.4. The molecule has 0 saturated carbocycles. The van der Waals surface area contributed by atoms with Crippen LogP contribution in [0.15, 0.2) is 24.3 Å². The lowest BCUT2D eigenvalue weighted by Gasteiger charge is -2.36. The van der Waals surface area contributed by atoms with Gasteiger partial charge in [-0.05, 0) is 49.4 Å². The molecular formula is C21H36N6O2. The summed E-state index contributed by atoms with van der Waals surface area (Å²) in [5.74, 6) is -0.0121. The molecule has 1 saturated heterocycles. The Kier molecular flexibility index (Phi) is 8.43. The summed E-state index contributed by atoms with van der Waals surface area (Å²) in [4.78, 5) is 23.3. The van der Waals surface area contributed by atoms with Crippen LogP contribution in [0, 0.1) is 0 Å². The van der Waals surface area contributed by atoms with Crippen LogP contribution in [0.3, 0.4) is 0 Å². The number of rotatable bonds is 7. The fourth-order valence-electron chi connectivity index (χ4n) is 3.23. The molecule has 1 aliphatic rings. The van der Waals surface area contributed by atoms with Crippen LogP contribution in [0.1, 0.15) is 53.0 Å². The molecule has 6 N–H and O–H groups in total. The van der Waals surface area contributed by atoms with Crippen molar-refractivity contribution < 1.29 is 9.59 Å². The largest absolute Gasteiger partial charge is 0.356 e. The van der Waals surface area contributed by atoms with Crippen LogP contribution in [-0.4, -0.2) is 43.5 Å². The van der Waals surface area contributed by atoms with E-state index in [2.05, 4.69) is 59.6 Å². The standard InChI is InChI=1S/C21H36N6O2/c1-14-13-18(23-12-6-11-22-15(2)28)26-19(24-14)27-20(29)25-17-9-7-16(8-10-17)21(3,4)5/h7-10,14,18-19,23-24,26H,6,11-13H2,1-5H3,(H,22,28)(H2,25,27,29). The molecule has 3 amide bonds. The van der Waals surface area contributed by atoms with Crippen molar-refractivity contribution in [3.05, 3.63) is 29.8 Å². The molecule has 0 aromatic heterocycles. The molecule has 162 valence electrons. The van der Waals surface area contributed by atoms with E-state index in [-0.39, 0.29) is 35.9 Å². The van der Waals surface area contributed by atoms with Crippen LogP contribution >= 0.6 is 0 Å². The van der Waals surface area contributed by atoms with Gasteiger partial charge in [-0.1, -0.05) is 32.9 Å². The monoisotopic (exact) mass is 404 g/mol. The summed E-state index contributed by atoms with van der Waals surface area (Å²) >= 11 is 0. The van der Waals surface area contributed by atoms with Gasteiger partial charge in [0.2, 0.25) is 5.91 Å². The summed E-state index contributed by atoms with van der Waals surface area (Å²) in [7, 11) is 0. The third kappa shape index (κ3) is 8.39. The van der Waals surface area contributed by atoms with E-state index in [9.17, 15) is 9.59 Å². The van der Waals surface area contributed by atoms with Gasteiger partial charge in [-0.2, -0.15) is 0 Å². The predicted molar refractivity (Wildman–Crippen MR) is 117 cm³/mol. The van der Waals surface area contributed by atoms with E-state index >= 15 is 0 Å². The second-order valence-electron chi connectivity index (χ2n) is 8.67. The molecular weight excluding hydrogens is 368 g/mol. The highest BCUT2D eigenvalue weighted by Crippen LogP contribution is 2.23. The topological polar surface area (TPSA) is 106 Å². The van der Waals surface area contributed by atoms with Crippen molar-refractivity contribution >= 4 is 17.6 Å². The summed E-state index contributed by atoms with van der Waals surface area (Å²) in [5, 5.41) is 18.7. The van der Waals surface area contributed by atoms with Crippen LogP contribution in [0.5, 0.6) is 0 Å². The number of hydrogen-bond acceptors (Lipinski definition) is 5. The first-order valence-electron chi connectivity index (χ1n) is 10.3. The summed E-state index contributed by atoms with van der Waals surface area (Å²) in [6.07, 6.45) is 1.50. The SMILES string of the molecule is CC(=O)NCCCNC1CC(C)NC(NC(=O)Nc2ccc(C(C)(C)C)cc2)N1. The Balaban J connectivity index is 1.77. The van der Waals surface area contributed by atoms with E-state index in [0.717, 1.165) is 25.1 Å². The Morgan fingerprint density at radius 1 is 1.10 bits per heavy atom. The van der Waals surface area contributed by atoms with Crippen molar-refractivity contribution in [2.45, 2.75) is 71.4 Å². The van der Waals surface area contributed by atoms with Crippen molar-refractivity contribution in [2.24, 2.45) is 0 Å². The number of hydrogen-bond donors (Lipinski definition) is 6. The molecule has 1 aromatic rings. The zero-order valence-corrected chi connectivity index (χ0v) is 18.2. The molecule has 8 heteroatoms. The van der Waals surface area contributed by atoms with Crippen molar-refractivity contribution in [3.8, 4) is 0 Å². The smallest absolute Gasteiger partial charge is 0.321 e. The fourth-order valence-corrected chi connectivity index (χ4v) is 3.23. The molecule has 8 nitrogen and oxygen atoms in total. The van der Waals surface area contributed by atoms with Crippen LogP contribution in [0.4, 0.5) is 10.5 Å². The van der Waals surface area contributed by atoms with E-state index < -0.39 is 0 Å². The molecule has 0 aliphatic carbocycles. The van der Waals surface area contributed by atoms with E-state index in [0.29, 0.717) is 6.54 Å². The second-order valence-corrected chi connectivity index (χ2v) is 8.67. The molecule has 1 heterocycles. The predicted octanol–water partition coefficient (Wildman–Crippen LogP) is 1.80. The van der Waals surface area contributed by atoms with Crippen LogP contribution < -0.4 is 31.9 Å². The van der Waals surface area contributed by atoms with Gasteiger partial charge in [0.15, 0.2) is 0 Å². The van der Waals surface area contributed by atoms with E-state index in [1.165, 1.54) is 12.5 Å². The molecule has 1 aliphatic heterocycles. The normalized spacial score (nSPS) is 22.0. The third-order valence-corrected chi connectivity index (χ3v) is 4.81. The van der Waals surface area contributed by atoms with Gasteiger partial charge in [-0.3, -0.25) is 15.4 Å². The molecule has 3 unspecified atom stereocenters. The molecule has 1 fully saturated rings. The lowest BCUT2D eigenvalue weighted by molar-refractivity contribution is -0.118. The van der Waals surface area contributed by atoms with Gasteiger partial charge in [0.05, 0.1) is 6.17 Å². The molecule has 0 radical (unpaired) electrons. The first kappa shape index (κ1) is 23.1. The Morgan fingerprint density at radius 3 is 2.41 bits per heavy atom. The van der Waals surface area contributed by atoms with Crippen LogP contribution in [0.2, 0.25) is 0 Å². The Labute approximate surface area is 174 Å². The minimum absolute atomic E-state index is 0.0121. The van der Waals surface area contributed by atoms with Crippen molar-refractivity contribution in [1.29, 1.82) is 0 Å². The van der Waals surface area contributed by atoms with Gasteiger partial charge >= 0.3 is 6.03 Å². The third-order valence-electron chi connectivity index (χ3n) is 4.81. The Hall–Kier alpha value is -2.16. The van der Waals surface area contributed by atoms with Gasteiger partial charge in [-0.25, -0.2) is 4.79 Å². The summed E-state index contributed by atoms with van der Waals surface area (Å²) in [6, 6.07) is 7.90.